The molecule has 8 heteroatoms. The van der Waals surface area contributed by atoms with E-state index in [-0.39, 0.29) is 16.0 Å². The summed E-state index contributed by atoms with van der Waals surface area (Å²) in [5.41, 5.74) is 1.11. The summed E-state index contributed by atoms with van der Waals surface area (Å²) in [6.07, 6.45) is -1.62. The van der Waals surface area contributed by atoms with E-state index >= 15 is 0 Å². The van der Waals surface area contributed by atoms with Crippen LogP contribution in [0.15, 0.2) is 24.8 Å². The van der Waals surface area contributed by atoms with E-state index in [0.717, 1.165) is 6.20 Å². The number of methoxy groups -OCH3 is 1. The molecule has 0 saturated carbocycles. The van der Waals surface area contributed by atoms with Crippen molar-refractivity contribution in [2.45, 2.75) is 13.2 Å². The van der Waals surface area contributed by atoms with Gasteiger partial charge in [-0.3, -0.25) is 0 Å². The van der Waals surface area contributed by atoms with Crippen molar-refractivity contribution in [1.82, 2.24) is 14.5 Å². The normalized spacial score (nSPS) is 11.4. The monoisotopic (exact) mass is 285 g/mol. The fourth-order valence-corrected chi connectivity index (χ4v) is 1.62. The SMILES string of the molecule is COC(=O)c1cc(-c2cn(C(F)(F)F)cn2)c(C)cn1. The third-order valence-electron chi connectivity index (χ3n) is 2.65. The number of hydrogen-bond donors (Lipinski definition) is 0. The molecular weight excluding hydrogens is 275 g/mol. The van der Waals surface area contributed by atoms with Crippen molar-refractivity contribution < 1.29 is 22.7 Å². The van der Waals surface area contributed by atoms with E-state index in [1.165, 1.54) is 19.4 Å². The van der Waals surface area contributed by atoms with Crippen LogP contribution in [0.2, 0.25) is 0 Å². The summed E-state index contributed by atoms with van der Waals surface area (Å²) in [6, 6.07) is 1.35. The lowest BCUT2D eigenvalue weighted by Gasteiger charge is -2.06. The molecule has 0 aliphatic carbocycles. The smallest absolute Gasteiger partial charge is 0.464 e. The first kappa shape index (κ1) is 14.0. The molecule has 2 aromatic rings. The van der Waals surface area contributed by atoms with Gasteiger partial charge in [-0.25, -0.2) is 19.3 Å². The standard InChI is InChI=1S/C12H10F3N3O2/c1-7-4-16-9(11(19)20-2)3-8(7)10-5-18(6-17-10)12(13,14)15/h3-6H,1-2H3. The quantitative estimate of drug-likeness (QED) is 0.796. The fourth-order valence-electron chi connectivity index (χ4n) is 1.62. The number of esters is 1. The Morgan fingerprint density at radius 3 is 2.60 bits per heavy atom. The number of hydrogen-bond acceptors (Lipinski definition) is 4. The lowest BCUT2D eigenvalue weighted by molar-refractivity contribution is -0.204. The Balaban J connectivity index is 2.47. The largest absolute Gasteiger partial charge is 0.489 e. The van der Waals surface area contributed by atoms with Crippen LogP contribution in [-0.4, -0.2) is 27.6 Å². The maximum Gasteiger partial charge on any atom is 0.489 e. The van der Waals surface area contributed by atoms with Crippen LogP contribution in [0.25, 0.3) is 11.3 Å². The second kappa shape index (κ2) is 4.95. The summed E-state index contributed by atoms with van der Waals surface area (Å²) >= 11 is 0. The molecule has 0 unspecified atom stereocenters. The minimum atomic E-state index is -4.53. The molecule has 20 heavy (non-hydrogen) atoms. The number of aryl methyl sites for hydroxylation is 1. The molecule has 5 nitrogen and oxygen atoms in total. The van der Waals surface area contributed by atoms with Gasteiger partial charge in [-0.05, 0) is 18.6 Å². The van der Waals surface area contributed by atoms with Crippen molar-refractivity contribution in [3.63, 3.8) is 0 Å². The van der Waals surface area contributed by atoms with Gasteiger partial charge < -0.3 is 4.74 Å². The Morgan fingerprint density at radius 2 is 2.05 bits per heavy atom. The maximum atomic E-state index is 12.5. The number of halogens is 3. The van der Waals surface area contributed by atoms with Crippen molar-refractivity contribution in [2.24, 2.45) is 0 Å². The highest BCUT2D eigenvalue weighted by Gasteiger charge is 2.30. The minimum Gasteiger partial charge on any atom is -0.464 e. The van der Waals surface area contributed by atoms with Crippen LogP contribution in [0.1, 0.15) is 16.1 Å². The van der Waals surface area contributed by atoms with Crippen molar-refractivity contribution >= 4 is 5.97 Å². The van der Waals surface area contributed by atoms with Gasteiger partial charge >= 0.3 is 12.3 Å². The molecule has 0 fully saturated rings. The van der Waals surface area contributed by atoms with E-state index in [2.05, 4.69) is 14.7 Å². The molecule has 0 amide bonds. The highest BCUT2D eigenvalue weighted by Crippen LogP contribution is 2.27. The van der Waals surface area contributed by atoms with Crippen LogP contribution in [-0.2, 0) is 11.0 Å². The molecule has 0 atom stereocenters. The number of pyridine rings is 1. The minimum absolute atomic E-state index is 0.00894. The molecule has 0 radical (unpaired) electrons. The van der Waals surface area contributed by atoms with Gasteiger partial charge in [-0.1, -0.05) is 0 Å². The molecule has 0 spiro atoms. The van der Waals surface area contributed by atoms with Crippen LogP contribution < -0.4 is 0 Å². The molecular formula is C12H10F3N3O2. The predicted molar refractivity (Wildman–Crippen MR) is 62.8 cm³/mol. The number of alkyl halides is 3. The summed E-state index contributed by atoms with van der Waals surface area (Å²) in [7, 11) is 1.20. The van der Waals surface area contributed by atoms with Crippen molar-refractivity contribution in [2.75, 3.05) is 7.11 Å². The highest BCUT2D eigenvalue weighted by molar-refractivity contribution is 5.88. The molecule has 0 aromatic carbocycles. The van der Waals surface area contributed by atoms with Crippen molar-refractivity contribution in [3.05, 3.63) is 36.0 Å². The van der Waals surface area contributed by atoms with Gasteiger partial charge in [0.1, 0.15) is 12.0 Å². The number of nitrogens with zero attached hydrogens (tertiary/aromatic N) is 3. The van der Waals surface area contributed by atoms with Crippen LogP contribution in [0.5, 0.6) is 0 Å². The first-order valence-corrected chi connectivity index (χ1v) is 5.49. The Bertz CT molecular complexity index is 650. The maximum absolute atomic E-state index is 12.5. The number of carbonyl (C=O) groups excluding carboxylic acids is 1. The molecule has 0 N–H and O–H groups in total. The van der Waals surface area contributed by atoms with Crippen LogP contribution in [0.3, 0.4) is 0 Å². The number of ether oxygens (including phenoxy) is 1. The Morgan fingerprint density at radius 1 is 1.35 bits per heavy atom. The number of carbonyl (C=O) groups is 1. The lowest BCUT2D eigenvalue weighted by atomic mass is 10.1. The number of imidazole rings is 1. The van der Waals surface area contributed by atoms with Crippen LogP contribution in [0.4, 0.5) is 13.2 Å². The molecule has 2 heterocycles. The highest BCUT2D eigenvalue weighted by atomic mass is 19.4. The van der Waals surface area contributed by atoms with E-state index in [1.807, 2.05) is 0 Å². The van der Waals surface area contributed by atoms with Gasteiger partial charge in [0.15, 0.2) is 0 Å². The summed E-state index contributed by atoms with van der Waals surface area (Å²) in [5, 5.41) is 0. The average Bonchev–Trinajstić information content (AvgIpc) is 2.87. The third kappa shape index (κ3) is 2.63. The molecule has 0 saturated heterocycles. The fraction of sp³-hybridized carbons (Fsp3) is 0.250. The van der Waals surface area contributed by atoms with E-state index < -0.39 is 12.3 Å². The second-order valence-electron chi connectivity index (χ2n) is 4.01. The van der Waals surface area contributed by atoms with E-state index in [0.29, 0.717) is 17.5 Å². The zero-order valence-electron chi connectivity index (χ0n) is 10.6. The van der Waals surface area contributed by atoms with Gasteiger partial charge in [-0.2, -0.15) is 0 Å². The summed E-state index contributed by atoms with van der Waals surface area (Å²) in [5.74, 6) is -0.665. The van der Waals surface area contributed by atoms with E-state index in [9.17, 15) is 18.0 Å². The topological polar surface area (TPSA) is 57.0 Å². The van der Waals surface area contributed by atoms with E-state index in [1.54, 1.807) is 6.92 Å². The molecule has 0 aliphatic heterocycles. The Labute approximate surface area is 112 Å². The number of aromatic nitrogens is 3. The molecule has 2 rings (SSSR count). The summed E-state index contributed by atoms with van der Waals surface area (Å²) in [4.78, 5) is 18.9. The first-order chi connectivity index (χ1) is 9.32. The predicted octanol–water partition coefficient (Wildman–Crippen LogP) is 2.52. The third-order valence-corrected chi connectivity index (χ3v) is 2.65. The van der Waals surface area contributed by atoms with Crippen LogP contribution >= 0.6 is 0 Å². The molecule has 0 aliphatic rings. The van der Waals surface area contributed by atoms with Gasteiger partial charge in [0.05, 0.1) is 12.8 Å². The van der Waals surface area contributed by atoms with Gasteiger partial charge in [0.25, 0.3) is 0 Å². The van der Waals surface area contributed by atoms with Crippen molar-refractivity contribution in [1.29, 1.82) is 0 Å². The summed E-state index contributed by atoms with van der Waals surface area (Å²) < 4.78 is 42.1. The zero-order valence-corrected chi connectivity index (χ0v) is 10.6. The number of rotatable bonds is 2. The van der Waals surface area contributed by atoms with Crippen LogP contribution in [0, 0.1) is 6.92 Å². The Kier molecular flexibility index (Phi) is 3.47. The second-order valence-corrected chi connectivity index (χ2v) is 4.01. The zero-order chi connectivity index (χ0) is 14.9. The Hall–Kier alpha value is -2.38. The first-order valence-electron chi connectivity index (χ1n) is 5.49. The van der Waals surface area contributed by atoms with Gasteiger partial charge in [0, 0.05) is 18.0 Å². The molecule has 2 aromatic heterocycles. The lowest BCUT2D eigenvalue weighted by Crippen LogP contribution is -2.13. The van der Waals surface area contributed by atoms with Gasteiger partial charge in [0.2, 0.25) is 0 Å². The molecule has 0 bridgehead atoms. The average molecular weight is 285 g/mol. The van der Waals surface area contributed by atoms with Crippen molar-refractivity contribution in [3.8, 4) is 11.3 Å². The summed E-state index contributed by atoms with van der Waals surface area (Å²) in [6.45, 7) is 1.66. The van der Waals surface area contributed by atoms with Gasteiger partial charge in [-0.15, -0.1) is 13.2 Å². The molecule has 106 valence electrons. The van der Waals surface area contributed by atoms with E-state index in [4.69, 9.17) is 0 Å².